The first-order valence-corrected chi connectivity index (χ1v) is 7.02. The lowest BCUT2D eigenvalue weighted by atomic mass is 9.97. The summed E-state index contributed by atoms with van der Waals surface area (Å²) in [5.74, 6) is 1.33. The Hall–Kier alpha value is -1.64. The van der Waals surface area contributed by atoms with Crippen molar-refractivity contribution in [2.75, 3.05) is 18.0 Å². The molecule has 0 aromatic carbocycles. The van der Waals surface area contributed by atoms with E-state index in [1.807, 2.05) is 12.4 Å². The second kappa shape index (κ2) is 6.00. The molecule has 1 saturated heterocycles. The molecular formula is C16H23N3. The van der Waals surface area contributed by atoms with Crippen LogP contribution >= 0.6 is 0 Å². The first-order valence-electron chi connectivity index (χ1n) is 7.02. The van der Waals surface area contributed by atoms with E-state index in [0.29, 0.717) is 5.92 Å². The van der Waals surface area contributed by atoms with Crippen LogP contribution in [0.4, 0.5) is 5.95 Å². The van der Waals surface area contributed by atoms with Crippen molar-refractivity contribution in [3.63, 3.8) is 0 Å². The minimum absolute atomic E-state index is 0.473. The van der Waals surface area contributed by atoms with E-state index >= 15 is 0 Å². The minimum Gasteiger partial charge on any atom is -0.341 e. The lowest BCUT2D eigenvalue weighted by Gasteiger charge is -2.14. The Morgan fingerprint density at radius 2 is 1.84 bits per heavy atom. The Kier molecular flexibility index (Phi) is 4.35. The molecule has 3 nitrogen and oxygen atoms in total. The van der Waals surface area contributed by atoms with Gasteiger partial charge in [-0.15, -0.1) is 0 Å². The van der Waals surface area contributed by atoms with E-state index in [2.05, 4.69) is 48.3 Å². The summed E-state index contributed by atoms with van der Waals surface area (Å²) in [5.41, 5.74) is 3.42. The molecule has 1 aliphatic rings. The number of allylic oxidation sites excluding steroid dienone is 2. The predicted octanol–water partition coefficient (Wildman–Crippen LogP) is 3.69. The highest BCUT2D eigenvalue weighted by Crippen LogP contribution is 2.20. The lowest BCUT2D eigenvalue weighted by molar-refractivity contribution is 0.783. The Labute approximate surface area is 116 Å². The van der Waals surface area contributed by atoms with Crippen molar-refractivity contribution in [1.29, 1.82) is 0 Å². The molecular weight excluding hydrogens is 234 g/mol. The average molecular weight is 257 g/mol. The van der Waals surface area contributed by atoms with Crippen LogP contribution in [0, 0.1) is 5.92 Å². The molecule has 0 N–H and O–H groups in total. The largest absolute Gasteiger partial charge is 0.341 e. The standard InChI is InChI=1S/C16H23N3/c1-12(2)14(4)13(3)9-15-10-17-16(18-11-15)19-7-5-6-8-19/h9-12H,4-8H2,1-3H3. The second-order valence-electron chi connectivity index (χ2n) is 5.52. The average Bonchev–Trinajstić information content (AvgIpc) is 2.92. The summed E-state index contributed by atoms with van der Waals surface area (Å²) in [6, 6.07) is 0. The summed E-state index contributed by atoms with van der Waals surface area (Å²) in [7, 11) is 0. The summed E-state index contributed by atoms with van der Waals surface area (Å²) in [4.78, 5) is 11.2. The van der Waals surface area contributed by atoms with Crippen molar-refractivity contribution in [2.24, 2.45) is 5.92 Å². The fraction of sp³-hybridized carbons (Fsp3) is 0.500. The van der Waals surface area contributed by atoms with Gasteiger partial charge in [-0.2, -0.15) is 0 Å². The van der Waals surface area contributed by atoms with Crippen molar-refractivity contribution in [1.82, 2.24) is 9.97 Å². The highest BCUT2D eigenvalue weighted by atomic mass is 15.3. The van der Waals surface area contributed by atoms with Crippen LogP contribution in [0.25, 0.3) is 6.08 Å². The third-order valence-corrected chi connectivity index (χ3v) is 3.63. The maximum Gasteiger partial charge on any atom is 0.225 e. The van der Waals surface area contributed by atoms with Crippen LogP contribution in [0.15, 0.2) is 30.1 Å². The number of anilines is 1. The van der Waals surface area contributed by atoms with Gasteiger partial charge in [0.15, 0.2) is 0 Å². The van der Waals surface area contributed by atoms with Gasteiger partial charge in [0.2, 0.25) is 5.95 Å². The zero-order chi connectivity index (χ0) is 13.8. The first kappa shape index (κ1) is 13.8. The zero-order valence-electron chi connectivity index (χ0n) is 12.2. The molecule has 0 bridgehead atoms. The van der Waals surface area contributed by atoms with E-state index in [9.17, 15) is 0 Å². The van der Waals surface area contributed by atoms with Gasteiger partial charge in [-0.3, -0.25) is 0 Å². The topological polar surface area (TPSA) is 29.0 Å². The van der Waals surface area contributed by atoms with Crippen LogP contribution in [0.5, 0.6) is 0 Å². The molecule has 1 aliphatic heterocycles. The summed E-state index contributed by atoms with van der Waals surface area (Å²) in [6.45, 7) is 12.7. The monoisotopic (exact) mass is 257 g/mol. The summed E-state index contributed by atoms with van der Waals surface area (Å²) in [5, 5.41) is 0. The molecule has 102 valence electrons. The maximum atomic E-state index is 4.46. The van der Waals surface area contributed by atoms with Gasteiger partial charge in [-0.25, -0.2) is 9.97 Å². The third kappa shape index (κ3) is 3.43. The van der Waals surface area contributed by atoms with E-state index in [1.54, 1.807) is 0 Å². The van der Waals surface area contributed by atoms with Crippen molar-refractivity contribution >= 4 is 12.0 Å². The SMILES string of the molecule is C=C(C(C)=Cc1cnc(N2CCCC2)nc1)C(C)C. The number of hydrogen-bond donors (Lipinski definition) is 0. The van der Waals surface area contributed by atoms with E-state index in [1.165, 1.54) is 24.0 Å². The lowest BCUT2D eigenvalue weighted by Crippen LogP contribution is -2.20. The molecule has 2 rings (SSSR count). The molecule has 0 saturated carbocycles. The number of nitrogens with zero attached hydrogens (tertiary/aromatic N) is 3. The zero-order valence-corrected chi connectivity index (χ0v) is 12.2. The van der Waals surface area contributed by atoms with Crippen LogP contribution < -0.4 is 4.90 Å². The predicted molar refractivity (Wildman–Crippen MR) is 81.1 cm³/mol. The quantitative estimate of drug-likeness (QED) is 0.770. The van der Waals surface area contributed by atoms with Gasteiger partial charge >= 0.3 is 0 Å². The molecule has 0 spiro atoms. The number of hydrogen-bond acceptors (Lipinski definition) is 3. The van der Waals surface area contributed by atoms with Gasteiger partial charge in [0.25, 0.3) is 0 Å². The Morgan fingerprint density at radius 1 is 1.26 bits per heavy atom. The van der Waals surface area contributed by atoms with Crippen LogP contribution in [0.1, 0.15) is 39.2 Å². The molecule has 0 radical (unpaired) electrons. The highest BCUT2D eigenvalue weighted by molar-refractivity contribution is 5.56. The molecule has 1 aromatic rings. The molecule has 0 amide bonds. The van der Waals surface area contributed by atoms with Gasteiger partial charge in [-0.1, -0.05) is 20.4 Å². The van der Waals surface area contributed by atoms with Gasteiger partial charge < -0.3 is 4.90 Å². The van der Waals surface area contributed by atoms with E-state index in [0.717, 1.165) is 24.6 Å². The summed E-state index contributed by atoms with van der Waals surface area (Å²) in [6.07, 6.45) is 8.41. The van der Waals surface area contributed by atoms with Crippen LogP contribution in [-0.2, 0) is 0 Å². The fourth-order valence-electron chi connectivity index (χ4n) is 2.28. The fourth-order valence-corrected chi connectivity index (χ4v) is 2.28. The summed E-state index contributed by atoms with van der Waals surface area (Å²) < 4.78 is 0. The summed E-state index contributed by atoms with van der Waals surface area (Å²) >= 11 is 0. The molecule has 1 fully saturated rings. The Balaban J connectivity index is 2.10. The number of aromatic nitrogens is 2. The molecule has 1 aromatic heterocycles. The Bertz CT molecular complexity index is 465. The van der Waals surface area contributed by atoms with Gasteiger partial charge in [-0.05, 0) is 42.9 Å². The van der Waals surface area contributed by atoms with E-state index in [4.69, 9.17) is 0 Å². The molecule has 0 unspecified atom stereocenters. The molecule has 0 aliphatic carbocycles. The molecule has 3 heteroatoms. The molecule has 2 heterocycles. The van der Waals surface area contributed by atoms with Crippen molar-refractivity contribution in [2.45, 2.75) is 33.6 Å². The van der Waals surface area contributed by atoms with Gasteiger partial charge in [0, 0.05) is 31.0 Å². The highest BCUT2D eigenvalue weighted by Gasteiger charge is 2.14. The van der Waals surface area contributed by atoms with Crippen molar-refractivity contribution in [3.05, 3.63) is 35.7 Å². The maximum absolute atomic E-state index is 4.46. The Morgan fingerprint density at radius 3 is 2.37 bits per heavy atom. The molecule has 0 atom stereocenters. The van der Waals surface area contributed by atoms with Crippen molar-refractivity contribution < 1.29 is 0 Å². The van der Waals surface area contributed by atoms with E-state index < -0.39 is 0 Å². The van der Waals surface area contributed by atoms with Gasteiger partial charge in [0.1, 0.15) is 0 Å². The van der Waals surface area contributed by atoms with E-state index in [-0.39, 0.29) is 0 Å². The second-order valence-corrected chi connectivity index (χ2v) is 5.52. The van der Waals surface area contributed by atoms with Crippen LogP contribution in [0.2, 0.25) is 0 Å². The first-order chi connectivity index (χ1) is 9.08. The third-order valence-electron chi connectivity index (χ3n) is 3.63. The molecule has 19 heavy (non-hydrogen) atoms. The van der Waals surface area contributed by atoms with Crippen molar-refractivity contribution in [3.8, 4) is 0 Å². The normalized spacial score (nSPS) is 16.2. The smallest absolute Gasteiger partial charge is 0.225 e. The number of rotatable bonds is 4. The van der Waals surface area contributed by atoms with Crippen LogP contribution in [0.3, 0.4) is 0 Å². The van der Waals surface area contributed by atoms with Gasteiger partial charge in [0.05, 0.1) is 0 Å². The van der Waals surface area contributed by atoms with Crippen LogP contribution in [-0.4, -0.2) is 23.1 Å². The minimum atomic E-state index is 0.473.